The standard InChI is InChI=1S/C22H22N2O6S/c1-4-29-19-9-5-6-10-20(19)30-18-12-11-15(21(25)24-31(3,26)27)14-17(18)16-8-7-13-23-22(16)28-2/h5-14H,4H2,1-3H3,(H,24,25). The number of ether oxygens (including phenoxy) is 3. The summed E-state index contributed by atoms with van der Waals surface area (Å²) in [6.07, 6.45) is 2.49. The summed E-state index contributed by atoms with van der Waals surface area (Å²) in [5, 5.41) is 0. The number of para-hydroxylation sites is 2. The summed E-state index contributed by atoms with van der Waals surface area (Å²) in [5.74, 6) is 1.03. The van der Waals surface area contributed by atoms with E-state index in [1.165, 1.54) is 19.2 Å². The van der Waals surface area contributed by atoms with E-state index in [1.807, 2.05) is 23.8 Å². The van der Waals surface area contributed by atoms with Crippen molar-refractivity contribution in [1.82, 2.24) is 9.71 Å². The maximum atomic E-state index is 12.4. The predicted molar refractivity (Wildman–Crippen MR) is 116 cm³/mol. The van der Waals surface area contributed by atoms with Gasteiger partial charge in [0, 0.05) is 22.9 Å². The number of benzene rings is 2. The highest BCUT2D eigenvalue weighted by Gasteiger charge is 2.19. The van der Waals surface area contributed by atoms with E-state index in [4.69, 9.17) is 14.2 Å². The molecule has 9 heteroatoms. The highest BCUT2D eigenvalue weighted by atomic mass is 32.2. The van der Waals surface area contributed by atoms with Gasteiger partial charge in [-0.1, -0.05) is 12.1 Å². The molecule has 31 heavy (non-hydrogen) atoms. The van der Waals surface area contributed by atoms with Gasteiger partial charge in [-0.05, 0) is 49.4 Å². The molecule has 0 spiro atoms. The molecule has 0 aliphatic carbocycles. The van der Waals surface area contributed by atoms with Crippen LogP contribution in [-0.4, -0.2) is 39.3 Å². The topological polar surface area (TPSA) is 104 Å². The first-order chi connectivity index (χ1) is 14.8. The Kier molecular flexibility index (Phi) is 6.76. The molecule has 0 saturated carbocycles. The van der Waals surface area contributed by atoms with Crippen LogP contribution >= 0.6 is 0 Å². The number of methoxy groups -OCH3 is 1. The zero-order chi connectivity index (χ0) is 22.4. The van der Waals surface area contributed by atoms with Crippen LogP contribution in [0.2, 0.25) is 0 Å². The van der Waals surface area contributed by atoms with Gasteiger partial charge in [-0.15, -0.1) is 0 Å². The second-order valence-electron chi connectivity index (χ2n) is 6.46. The molecule has 0 unspecified atom stereocenters. The van der Waals surface area contributed by atoms with Gasteiger partial charge in [0.25, 0.3) is 5.91 Å². The molecule has 0 radical (unpaired) electrons. The molecule has 1 heterocycles. The molecule has 3 rings (SSSR count). The fourth-order valence-corrected chi connectivity index (χ4v) is 3.34. The van der Waals surface area contributed by atoms with Gasteiger partial charge in [0.2, 0.25) is 15.9 Å². The lowest BCUT2D eigenvalue weighted by molar-refractivity contribution is 0.0981. The minimum absolute atomic E-state index is 0.136. The maximum absolute atomic E-state index is 12.4. The molecule has 162 valence electrons. The van der Waals surface area contributed by atoms with Crippen LogP contribution in [-0.2, 0) is 10.0 Å². The molecule has 0 aliphatic rings. The Labute approximate surface area is 180 Å². The molecular weight excluding hydrogens is 420 g/mol. The monoisotopic (exact) mass is 442 g/mol. The van der Waals surface area contributed by atoms with Crippen LogP contribution in [0.5, 0.6) is 23.1 Å². The van der Waals surface area contributed by atoms with Gasteiger partial charge in [0.1, 0.15) is 5.75 Å². The SMILES string of the molecule is CCOc1ccccc1Oc1ccc(C(=O)NS(C)(=O)=O)cc1-c1cccnc1OC. The Morgan fingerprint density at radius 1 is 1.00 bits per heavy atom. The number of pyridine rings is 1. The van der Waals surface area contributed by atoms with E-state index in [1.54, 1.807) is 36.5 Å². The lowest BCUT2D eigenvalue weighted by Gasteiger charge is -2.16. The highest BCUT2D eigenvalue weighted by Crippen LogP contribution is 2.40. The molecule has 0 saturated heterocycles. The first-order valence-corrected chi connectivity index (χ1v) is 11.3. The van der Waals surface area contributed by atoms with E-state index in [9.17, 15) is 13.2 Å². The minimum Gasteiger partial charge on any atom is -0.490 e. The number of rotatable bonds is 8. The summed E-state index contributed by atoms with van der Waals surface area (Å²) in [4.78, 5) is 16.6. The molecule has 1 N–H and O–H groups in total. The number of amides is 1. The third-order valence-electron chi connectivity index (χ3n) is 4.14. The van der Waals surface area contributed by atoms with Crippen LogP contribution in [0.4, 0.5) is 0 Å². The van der Waals surface area contributed by atoms with Crippen molar-refractivity contribution in [2.75, 3.05) is 20.0 Å². The molecule has 1 aromatic heterocycles. The van der Waals surface area contributed by atoms with E-state index in [2.05, 4.69) is 4.98 Å². The molecule has 0 fully saturated rings. The largest absolute Gasteiger partial charge is 0.490 e. The molecule has 0 aliphatic heterocycles. The molecule has 3 aromatic rings. The van der Waals surface area contributed by atoms with Crippen molar-refractivity contribution in [1.29, 1.82) is 0 Å². The predicted octanol–water partition coefficient (Wildman–Crippen LogP) is 3.64. The third-order valence-corrected chi connectivity index (χ3v) is 4.70. The van der Waals surface area contributed by atoms with E-state index >= 15 is 0 Å². The summed E-state index contributed by atoms with van der Waals surface area (Å²) in [6, 6.07) is 15.3. The second-order valence-corrected chi connectivity index (χ2v) is 8.20. The normalized spacial score (nSPS) is 10.9. The Hall–Kier alpha value is -3.59. The average Bonchev–Trinajstić information content (AvgIpc) is 2.74. The average molecular weight is 442 g/mol. The second kappa shape index (κ2) is 9.48. The fourth-order valence-electron chi connectivity index (χ4n) is 2.88. The van der Waals surface area contributed by atoms with Crippen LogP contribution in [0.25, 0.3) is 11.1 Å². The number of nitrogens with zero attached hydrogens (tertiary/aromatic N) is 1. The van der Waals surface area contributed by atoms with Crippen molar-refractivity contribution in [2.45, 2.75) is 6.92 Å². The zero-order valence-electron chi connectivity index (χ0n) is 17.3. The summed E-state index contributed by atoms with van der Waals surface area (Å²) in [7, 11) is -2.23. The van der Waals surface area contributed by atoms with Crippen molar-refractivity contribution in [2.24, 2.45) is 0 Å². The van der Waals surface area contributed by atoms with E-state index in [0.717, 1.165) is 6.26 Å². The van der Waals surface area contributed by atoms with Crippen molar-refractivity contribution in [3.63, 3.8) is 0 Å². The number of hydrogen-bond acceptors (Lipinski definition) is 7. The summed E-state index contributed by atoms with van der Waals surface area (Å²) >= 11 is 0. The molecule has 1 amide bonds. The zero-order valence-corrected chi connectivity index (χ0v) is 18.1. The highest BCUT2D eigenvalue weighted by molar-refractivity contribution is 7.89. The third kappa shape index (κ3) is 5.52. The molecular formula is C22H22N2O6S. The van der Waals surface area contributed by atoms with Crippen molar-refractivity contribution < 1.29 is 27.4 Å². The summed E-state index contributed by atoms with van der Waals surface area (Å²) in [5.41, 5.74) is 1.21. The number of aromatic nitrogens is 1. The van der Waals surface area contributed by atoms with Crippen LogP contribution < -0.4 is 18.9 Å². The van der Waals surface area contributed by atoms with Gasteiger partial charge in [-0.3, -0.25) is 4.79 Å². The smallest absolute Gasteiger partial charge is 0.264 e. The molecule has 0 atom stereocenters. The molecule has 8 nitrogen and oxygen atoms in total. The minimum atomic E-state index is -3.72. The lowest BCUT2D eigenvalue weighted by Crippen LogP contribution is -2.29. The van der Waals surface area contributed by atoms with Gasteiger partial charge in [0.15, 0.2) is 11.5 Å². The first kappa shape index (κ1) is 22.1. The number of sulfonamides is 1. The van der Waals surface area contributed by atoms with E-state index in [-0.39, 0.29) is 5.56 Å². The Morgan fingerprint density at radius 2 is 1.74 bits per heavy atom. The van der Waals surface area contributed by atoms with E-state index in [0.29, 0.717) is 40.9 Å². The van der Waals surface area contributed by atoms with Gasteiger partial charge in [-0.25, -0.2) is 18.1 Å². The van der Waals surface area contributed by atoms with Gasteiger partial charge >= 0.3 is 0 Å². The maximum Gasteiger partial charge on any atom is 0.264 e. The summed E-state index contributed by atoms with van der Waals surface area (Å²) in [6.45, 7) is 2.34. The first-order valence-electron chi connectivity index (χ1n) is 9.37. The van der Waals surface area contributed by atoms with Crippen LogP contribution in [0.3, 0.4) is 0 Å². The Morgan fingerprint density at radius 3 is 2.42 bits per heavy atom. The van der Waals surface area contributed by atoms with Crippen LogP contribution in [0.1, 0.15) is 17.3 Å². The number of carbonyl (C=O) groups is 1. The number of nitrogens with one attached hydrogen (secondary N) is 1. The quantitative estimate of drug-likeness (QED) is 0.568. The van der Waals surface area contributed by atoms with Gasteiger partial charge in [-0.2, -0.15) is 0 Å². The molecule has 0 bridgehead atoms. The fraction of sp³-hybridized carbons (Fsp3) is 0.182. The lowest BCUT2D eigenvalue weighted by atomic mass is 10.0. The Bertz CT molecular complexity index is 1190. The van der Waals surface area contributed by atoms with Crippen LogP contribution in [0.15, 0.2) is 60.8 Å². The van der Waals surface area contributed by atoms with Gasteiger partial charge in [0.05, 0.1) is 20.0 Å². The molecule has 2 aromatic carbocycles. The van der Waals surface area contributed by atoms with E-state index < -0.39 is 15.9 Å². The van der Waals surface area contributed by atoms with Crippen LogP contribution in [0, 0.1) is 0 Å². The van der Waals surface area contributed by atoms with Gasteiger partial charge < -0.3 is 14.2 Å². The van der Waals surface area contributed by atoms with Crippen molar-refractivity contribution in [3.8, 4) is 34.3 Å². The van der Waals surface area contributed by atoms with Crippen molar-refractivity contribution in [3.05, 3.63) is 66.4 Å². The van der Waals surface area contributed by atoms with Crippen molar-refractivity contribution >= 4 is 15.9 Å². The number of carbonyl (C=O) groups excluding carboxylic acids is 1. The summed E-state index contributed by atoms with van der Waals surface area (Å²) < 4.78 is 42.0. The Balaban J connectivity index is 2.12. The number of hydrogen-bond donors (Lipinski definition) is 1.